The first-order chi connectivity index (χ1) is 14.7. The van der Waals surface area contributed by atoms with Gasteiger partial charge in [-0.15, -0.1) is 11.3 Å². The van der Waals surface area contributed by atoms with Crippen molar-refractivity contribution in [2.45, 2.75) is 24.4 Å². The Morgan fingerprint density at radius 3 is 2.90 bits per heavy atom. The summed E-state index contributed by atoms with van der Waals surface area (Å²) in [7, 11) is 0. The van der Waals surface area contributed by atoms with Gasteiger partial charge in [0.1, 0.15) is 28.0 Å². The number of benzene rings is 1. The maximum Gasteiger partial charge on any atom is 0.253 e. The minimum Gasteiger partial charge on any atom is -0.467 e. The van der Waals surface area contributed by atoms with Gasteiger partial charge in [-0.25, -0.2) is 15.0 Å². The second-order valence-electron chi connectivity index (χ2n) is 6.99. The molecule has 0 fully saturated rings. The number of carbonyl (C=O) groups is 1. The van der Waals surface area contributed by atoms with Gasteiger partial charge in [-0.2, -0.15) is 5.10 Å². The number of amides is 1. The minimum absolute atomic E-state index is 0.0782. The van der Waals surface area contributed by atoms with Crippen molar-refractivity contribution in [3.63, 3.8) is 0 Å². The van der Waals surface area contributed by atoms with Crippen LogP contribution in [0.5, 0.6) is 0 Å². The Hall–Kier alpha value is -2.97. The van der Waals surface area contributed by atoms with E-state index in [1.54, 1.807) is 28.9 Å². The Morgan fingerprint density at radius 2 is 2.10 bits per heavy atom. The highest BCUT2D eigenvalue weighted by Gasteiger charge is 2.34. The summed E-state index contributed by atoms with van der Waals surface area (Å²) < 4.78 is 5.62. The van der Waals surface area contributed by atoms with Gasteiger partial charge in [0.05, 0.1) is 17.7 Å². The third-order valence-corrected chi connectivity index (χ3v) is 6.79. The number of aromatic nitrogens is 2. The Bertz CT molecular complexity index is 1220. The lowest BCUT2D eigenvalue weighted by atomic mass is 10.0. The van der Waals surface area contributed by atoms with Crippen LogP contribution in [0.3, 0.4) is 0 Å². The zero-order valence-electron chi connectivity index (χ0n) is 16.2. The zero-order chi connectivity index (χ0) is 20.5. The molecule has 0 unspecified atom stereocenters. The lowest BCUT2D eigenvalue weighted by Crippen LogP contribution is -2.28. The topological polar surface area (TPSA) is 71.6 Å². The van der Waals surface area contributed by atoms with Crippen molar-refractivity contribution in [2.24, 2.45) is 5.10 Å². The molecule has 1 atom stereocenters. The molecule has 3 aromatic heterocycles. The Morgan fingerprint density at radius 1 is 1.23 bits per heavy atom. The van der Waals surface area contributed by atoms with E-state index < -0.39 is 0 Å². The van der Waals surface area contributed by atoms with E-state index in [0.29, 0.717) is 6.42 Å². The lowest BCUT2D eigenvalue weighted by molar-refractivity contribution is -0.130. The molecule has 1 aliphatic heterocycles. The third-order valence-electron chi connectivity index (χ3n) is 4.98. The van der Waals surface area contributed by atoms with E-state index in [9.17, 15) is 4.79 Å². The van der Waals surface area contributed by atoms with Crippen molar-refractivity contribution in [2.75, 3.05) is 5.75 Å². The Labute approximate surface area is 181 Å². The predicted octanol–water partition coefficient (Wildman–Crippen LogP) is 5.06. The molecule has 0 spiro atoms. The fourth-order valence-corrected chi connectivity index (χ4v) is 5.07. The largest absolute Gasteiger partial charge is 0.467 e. The number of thiophene rings is 1. The van der Waals surface area contributed by atoms with Crippen molar-refractivity contribution in [3.8, 4) is 0 Å². The van der Waals surface area contributed by atoms with Crippen LogP contribution in [0.1, 0.15) is 29.3 Å². The molecule has 0 saturated carbocycles. The van der Waals surface area contributed by atoms with Gasteiger partial charge in [0.2, 0.25) is 0 Å². The molecule has 0 bridgehead atoms. The second-order valence-corrected chi connectivity index (χ2v) is 8.85. The summed E-state index contributed by atoms with van der Waals surface area (Å²) in [4.78, 5) is 22.7. The monoisotopic (exact) mass is 434 g/mol. The van der Waals surface area contributed by atoms with E-state index in [0.717, 1.165) is 32.3 Å². The summed E-state index contributed by atoms with van der Waals surface area (Å²) in [6.07, 6.45) is 3.79. The first-order valence-corrected chi connectivity index (χ1v) is 11.4. The third kappa shape index (κ3) is 3.64. The van der Waals surface area contributed by atoms with Crippen molar-refractivity contribution < 1.29 is 9.21 Å². The molecule has 1 aromatic carbocycles. The summed E-state index contributed by atoms with van der Waals surface area (Å²) in [5.41, 5.74) is 3.10. The molecule has 30 heavy (non-hydrogen) atoms. The Balaban J connectivity index is 1.39. The first-order valence-electron chi connectivity index (χ1n) is 9.50. The van der Waals surface area contributed by atoms with Crippen molar-refractivity contribution in [1.29, 1.82) is 0 Å². The van der Waals surface area contributed by atoms with Crippen LogP contribution in [-0.2, 0) is 4.79 Å². The van der Waals surface area contributed by atoms with E-state index in [4.69, 9.17) is 4.42 Å². The van der Waals surface area contributed by atoms with E-state index in [1.807, 2.05) is 35.7 Å². The highest BCUT2D eigenvalue weighted by atomic mass is 32.2. The highest BCUT2D eigenvalue weighted by molar-refractivity contribution is 8.00. The zero-order valence-corrected chi connectivity index (χ0v) is 17.8. The fraction of sp³-hybridized carbons (Fsp3) is 0.182. The molecule has 1 amide bonds. The van der Waals surface area contributed by atoms with Gasteiger partial charge in [0, 0.05) is 11.8 Å². The second kappa shape index (κ2) is 8.04. The van der Waals surface area contributed by atoms with Crippen molar-refractivity contribution >= 4 is 44.9 Å². The molecule has 4 heterocycles. The first kappa shape index (κ1) is 19.0. The lowest BCUT2D eigenvalue weighted by Gasteiger charge is -2.19. The Kier molecular flexibility index (Phi) is 5.10. The van der Waals surface area contributed by atoms with Crippen LogP contribution >= 0.6 is 23.1 Å². The highest BCUT2D eigenvalue weighted by Crippen LogP contribution is 2.34. The number of thioether (sulfide) groups is 1. The molecule has 0 N–H and O–H groups in total. The molecule has 4 aromatic rings. The standard InChI is InChI=1S/C22H18N4O2S2/c1-14-4-6-15(7-5-14)17-11-18(19-3-2-9-28-19)26(25-17)20(27)12-30-22-16-8-10-29-21(16)23-13-24-22/h2-10,13,18H,11-12H2,1H3/t18-/m0/s1. The van der Waals surface area contributed by atoms with Crippen LogP contribution in [0.25, 0.3) is 10.2 Å². The molecule has 5 rings (SSSR count). The SMILES string of the molecule is Cc1ccc(C2=NN(C(=O)CSc3ncnc4sccc34)[C@H](c3ccco3)C2)cc1. The summed E-state index contributed by atoms with van der Waals surface area (Å²) in [6, 6.07) is 13.7. The van der Waals surface area contributed by atoms with Crippen LogP contribution in [0, 0.1) is 6.92 Å². The molecule has 0 aliphatic carbocycles. The summed E-state index contributed by atoms with van der Waals surface area (Å²) in [6.45, 7) is 2.05. The fourth-order valence-electron chi connectivity index (χ4n) is 3.44. The smallest absolute Gasteiger partial charge is 0.253 e. The maximum atomic E-state index is 13.1. The van der Waals surface area contributed by atoms with Gasteiger partial charge >= 0.3 is 0 Å². The van der Waals surface area contributed by atoms with Gasteiger partial charge in [0.15, 0.2) is 0 Å². The normalized spacial score (nSPS) is 16.2. The van der Waals surface area contributed by atoms with Crippen LogP contribution < -0.4 is 0 Å². The molecule has 0 radical (unpaired) electrons. The summed E-state index contributed by atoms with van der Waals surface area (Å²) >= 11 is 2.98. The van der Waals surface area contributed by atoms with Gasteiger partial charge < -0.3 is 4.42 Å². The minimum atomic E-state index is -0.240. The molecule has 6 nitrogen and oxygen atoms in total. The number of furan rings is 1. The summed E-state index contributed by atoms with van der Waals surface area (Å²) in [5.74, 6) is 0.899. The number of aryl methyl sites for hydroxylation is 1. The van der Waals surface area contributed by atoms with Crippen LogP contribution in [-0.4, -0.2) is 32.3 Å². The number of hydrogen-bond donors (Lipinski definition) is 0. The molecular weight excluding hydrogens is 416 g/mol. The average molecular weight is 435 g/mol. The van der Waals surface area contributed by atoms with E-state index in [1.165, 1.54) is 17.3 Å². The van der Waals surface area contributed by atoms with Crippen LogP contribution in [0.15, 0.2) is 75.0 Å². The number of hydrogen-bond acceptors (Lipinski definition) is 7. The molecular formula is C22H18N4O2S2. The maximum absolute atomic E-state index is 13.1. The van der Waals surface area contributed by atoms with Gasteiger partial charge in [-0.1, -0.05) is 41.6 Å². The van der Waals surface area contributed by atoms with Crippen LogP contribution in [0.4, 0.5) is 0 Å². The van der Waals surface area contributed by atoms with Gasteiger partial charge in [-0.3, -0.25) is 4.79 Å². The number of hydrazone groups is 1. The van der Waals surface area contributed by atoms with Crippen molar-refractivity contribution in [1.82, 2.24) is 15.0 Å². The van der Waals surface area contributed by atoms with Crippen molar-refractivity contribution in [3.05, 3.63) is 77.3 Å². The molecule has 0 saturated heterocycles. The molecule has 150 valence electrons. The van der Waals surface area contributed by atoms with E-state index in [-0.39, 0.29) is 17.7 Å². The quantitative estimate of drug-likeness (QED) is 0.324. The molecule has 8 heteroatoms. The van der Waals surface area contributed by atoms with Crippen LogP contribution in [0.2, 0.25) is 0 Å². The summed E-state index contributed by atoms with van der Waals surface area (Å²) in [5, 5.41) is 10.0. The average Bonchev–Trinajstić information content (AvgIpc) is 3.52. The van der Waals surface area contributed by atoms with Gasteiger partial charge in [-0.05, 0) is 36.1 Å². The van der Waals surface area contributed by atoms with E-state index >= 15 is 0 Å². The van der Waals surface area contributed by atoms with Gasteiger partial charge in [0.25, 0.3) is 5.91 Å². The predicted molar refractivity (Wildman–Crippen MR) is 119 cm³/mol. The number of nitrogens with zero attached hydrogens (tertiary/aromatic N) is 4. The number of rotatable bonds is 5. The molecule has 1 aliphatic rings. The number of carbonyl (C=O) groups excluding carboxylic acids is 1. The number of fused-ring (bicyclic) bond motifs is 1. The van der Waals surface area contributed by atoms with E-state index in [2.05, 4.69) is 34.1 Å².